The van der Waals surface area contributed by atoms with E-state index in [1.807, 2.05) is 19.9 Å². The molecule has 0 fully saturated rings. The maximum absolute atomic E-state index is 14.1. The first-order chi connectivity index (χ1) is 10.7. The number of hydrogen-bond donors (Lipinski definition) is 0. The molecule has 0 aliphatic carbocycles. The molecule has 0 bridgehead atoms. The molecule has 0 aromatic heterocycles. The molecule has 0 nitrogen and oxygen atoms in total. The van der Waals surface area contributed by atoms with E-state index in [-0.39, 0.29) is 17.4 Å². The maximum Gasteiger partial charge on any atom is 0.129 e. The van der Waals surface area contributed by atoms with Gasteiger partial charge in [0.2, 0.25) is 0 Å². The summed E-state index contributed by atoms with van der Waals surface area (Å²) < 4.78 is 28.3. The molecule has 0 saturated carbocycles. The van der Waals surface area contributed by atoms with Crippen molar-refractivity contribution in [1.29, 1.82) is 0 Å². The van der Waals surface area contributed by atoms with E-state index in [1.54, 1.807) is 19.9 Å². The van der Waals surface area contributed by atoms with E-state index in [2.05, 4.69) is 0 Å². The highest BCUT2D eigenvalue weighted by atomic mass is 35.5. The van der Waals surface area contributed by atoms with Gasteiger partial charge in [0, 0.05) is 15.6 Å². The highest BCUT2D eigenvalue weighted by molar-refractivity contribution is 6.36. The highest BCUT2D eigenvalue weighted by Crippen LogP contribution is 2.36. The lowest BCUT2D eigenvalue weighted by Crippen LogP contribution is -2.06. The summed E-state index contributed by atoms with van der Waals surface area (Å²) >= 11 is 12.7. The van der Waals surface area contributed by atoms with Crippen LogP contribution in [-0.4, -0.2) is 0 Å². The zero-order valence-corrected chi connectivity index (χ0v) is 15.2. The van der Waals surface area contributed by atoms with Crippen LogP contribution in [0.1, 0.15) is 54.9 Å². The number of halogens is 4. The van der Waals surface area contributed by atoms with Gasteiger partial charge >= 0.3 is 0 Å². The number of rotatable bonds is 4. The smallest absolute Gasteiger partial charge is 0.129 e. The molecule has 1 unspecified atom stereocenters. The average Bonchev–Trinajstić information content (AvgIpc) is 2.40. The van der Waals surface area contributed by atoms with Gasteiger partial charge in [0.1, 0.15) is 11.6 Å². The highest BCUT2D eigenvalue weighted by Gasteiger charge is 2.20. The van der Waals surface area contributed by atoms with Crippen molar-refractivity contribution in [2.45, 2.75) is 46.0 Å². The van der Waals surface area contributed by atoms with Crippen LogP contribution in [-0.2, 0) is 6.42 Å². The van der Waals surface area contributed by atoms with E-state index in [9.17, 15) is 8.78 Å². The Morgan fingerprint density at radius 3 is 2.04 bits per heavy atom. The lowest BCUT2D eigenvalue weighted by molar-refractivity contribution is 0.529. The average molecular weight is 357 g/mol. The first-order valence-corrected chi connectivity index (χ1v) is 8.40. The van der Waals surface area contributed by atoms with Crippen molar-refractivity contribution in [3.05, 3.63) is 68.2 Å². The Kier molecular flexibility index (Phi) is 5.70. The Balaban J connectivity index is 2.39. The monoisotopic (exact) mass is 356 g/mol. The van der Waals surface area contributed by atoms with Gasteiger partial charge in [-0.25, -0.2) is 8.78 Å². The molecule has 0 aliphatic rings. The maximum atomic E-state index is 14.1. The molecular weight excluding hydrogens is 337 g/mol. The van der Waals surface area contributed by atoms with Gasteiger partial charge < -0.3 is 0 Å². The first-order valence-electron chi connectivity index (χ1n) is 7.64. The fraction of sp³-hybridized carbons (Fsp3) is 0.368. The Hall–Kier alpha value is -1.12. The Bertz CT molecular complexity index is 701. The summed E-state index contributed by atoms with van der Waals surface area (Å²) in [7, 11) is 0. The molecule has 0 amide bonds. The molecule has 0 spiro atoms. The predicted molar refractivity (Wildman–Crippen MR) is 93.8 cm³/mol. The van der Waals surface area contributed by atoms with Crippen LogP contribution in [0, 0.1) is 18.6 Å². The second-order valence-electron chi connectivity index (χ2n) is 6.34. The van der Waals surface area contributed by atoms with Crippen molar-refractivity contribution in [3.8, 4) is 0 Å². The second kappa shape index (κ2) is 7.19. The van der Waals surface area contributed by atoms with Crippen LogP contribution in [0.5, 0.6) is 0 Å². The van der Waals surface area contributed by atoms with Crippen molar-refractivity contribution in [2.24, 2.45) is 0 Å². The van der Waals surface area contributed by atoms with Crippen molar-refractivity contribution in [3.63, 3.8) is 0 Å². The normalized spacial score (nSPS) is 12.7. The molecule has 0 heterocycles. The van der Waals surface area contributed by atoms with Crippen molar-refractivity contribution in [1.82, 2.24) is 0 Å². The summed E-state index contributed by atoms with van der Waals surface area (Å²) in [6.07, 6.45) is 0.451. The minimum atomic E-state index is -0.510. The van der Waals surface area contributed by atoms with Crippen LogP contribution in [0.4, 0.5) is 8.78 Å². The molecule has 0 N–H and O–H groups in total. The quantitative estimate of drug-likeness (QED) is 0.550. The molecule has 2 aromatic carbocycles. The minimum absolute atomic E-state index is 0.104. The standard InChI is InChI=1S/C19H20Cl2F2/c1-10(2)17-14(20)6-5-13(19(17)21)9-12(4)18-15(22)7-11(3)8-16(18)23/h5-8,10,12H,9H2,1-4H3. The van der Waals surface area contributed by atoms with E-state index in [0.29, 0.717) is 22.0 Å². The first kappa shape index (κ1) is 18.2. The third-order valence-electron chi connectivity index (χ3n) is 4.03. The fourth-order valence-electron chi connectivity index (χ4n) is 2.92. The van der Waals surface area contributed by atoms with Gasteiger partial charge in [0.15, 0.2) is 0 Å². The van der Waals surface area contributed by atoms with E-state index in [1.165, 1.54) is 12.1 Å². The van der Waals surface area contributed by atoms with Crippen LogP contribution in [0.25, 0.3) is 0 Å². The van der Waals surface area contributed by atoms with Crippen molar-refractivity contribution >= 4 is 23.2 Å². The molecule has 1 atom stereocenters. The van der Waals surface area contributed by atoms with E-state index >= 15 is 0 Å². The molecule has 0 saturated heterocycles. The van der Waals surface area contributed by atoms with Gasteiger partial charge in [-0.05, 0) is 60.1 Å². The van der Waals surface area contributed by atoms with Crippen LogP contribution >= 0.6 is 23.2 Å². The van der Waals surface area contributed by atoms with E-state index in [0.717, 1.165) is 11.1 Å². The van der Waals surface area contributed by atoms with Gasteiger partial charge in [-0.2, -0.15) is 0 Å². The van der Waals surface area contributed by atoms with Crippen LogP contribution in [0.15, 0.2) is 24.3 Å². The van der Waals surface area contributed by atoms with Gasteiger partial charge in [0.05, 0.1) is 0 Å². The molecule has 2 aromatic rings. The third-order valence-corrected chi connectivity index (χ3v) is 4.80. The van der Waals surface area contributed by atoms with Crippen LogP contribution < -0.4 is 0 Å². The zero-order chi connectivity index (χ0) is 17.3. The van der Waals surface area contributed by atoms with Crippen molar-refractivity contribution < 1.29 is 8.78 Å². The Morgan fingerprint density at radius 1 is 0.957 bits per heavy atom. The summed E-state index contributed by atoms with van der Waals surface area (Å²) in [6.45, 7) is 7.50. The lowest BCUT2D eigenvalue weighted by Gasteiger charge is -2.18. The van der Waals surface area contributed by atoms with E-state index < -0.39 is 11.6 Å². The number of benzene rings is 2. The van der Waals surface area contributed by atoms with Crippen LogP contribution in [0.3, 0.4) is 0 Å². The fourth-order valence-corrected chi connectivity index (χ4v) is 3.80. The summed E-state index contributed by atoms with van der Waals surface area (Å²) in [5.41, 5.74) is 2.41. The lowest BCUT2D eigenvalue weighted by atomic mass is 9.90. The number of aryl methyl sites for hydroxylation is 1. The molecule has 4 heteroatoms. The zero-order valence-electron chi connectivity index (χ0n) is 13.7. The molecule has 2 rings (SSSR count). The van der Waals surface area contributed by atoms with Gasteiger partial charge in [-0.1, -0.05) is 50.0 Å². The topological polar surface area (TPSA) is 0 Å². The van der Waals surface area contributed by atoms with Gasteiger partial charge in [0.25, 0.3) is 0 Å². The molecule has 0 radical (unpaired) electrons. The Labute approximate surface area is 146 Å². The summed E-state index contributed by atoms with van der Waals surface area (Å²) in [5.74, 6) is -1.17. The van der Waals surface area contributed by atoms with Crippen LogP contribution in [0.2, 0.25) is 10.0 Å². The minimum Gasteiger partial charge on any atom is -0.207 e. The predicted octanol–water partition coefficient (Wildman–Crippen LogP) is 7.05. The molecule has 23 heavy (non-hydrogen) atoms. The largest absolute Gasteiger partial charge is 0.207 e. The SMILES string of the molecule is Cc1cc(F)c(C(C)Cc2ccc(Cl)c(C(C)C)c2Cl)c(F)c1. The third kappa shape index (κ3) is 3.87. The molecular formula is C19H20Cl2F2. The summed E-state index contributed by atoms with van der Waals surface area (Å²) in [5, 5.41) is 1.21. The van der Waals surface area contributed by atoms with Gasteiger partial charge in [-0.15, -0.1) is 0 Å². The molecule has 124 valence electrons. The van der Waals surface area contributed by atoms with E-state index in [4.69, 9.17) is 23.2 Å². The Morgan fingerprint density at radius 2 is 1.52 bits per heavy atom. The molecule has 0 aliphatic heterocycles. The van der Waals surface area contributed by atoms with Crippen molar-refractivity contribution in [2.75, 3.05) is 0 Å². The number of hydrogen-bond acceptors (Lipinski definition) is 0. The summed E-state index contributed by atoms with van der Waals surface area (Å²) in [4.78, 5) is 0. The van der Waals surface area contributed by atoms with Gasteiger partial charge in [-0.3, -0.25) is 0 Å². The summed E-state index contributed by atoms with van der Waals surface area (Å²) in [6, 6.07) is 6.35. The second-order valence-corrected chi connectivity index (χ2v) is 7.12.